The van der Waals surface area contributed by atoms with Crippen LogP contribution in [0.2, 0.25) is 0 Å². The second-order valence-corrected chi connectivity index (χ2v) is 7.92. The molecule has 27 heavy (non-hydrogen) atoms. The molecule has 1 saturated heterocycles. The number of likely N-dealkylation sites (tertiary alicyclic amines) is 1. The average molecular weight is 370 g/mol. The molecule has 7 heteroatoms. The van der Waals surface area contributed by atoms with Crippen LogP contribution in [0.15, 0.2) is 21.7 Å². The smallest absolute Gasteiger partial charge is 0.332 e. The fraction of sp³-hybridized carbons (Fsp3) is 0.600. The van der Waals surface area contributed by atoms with Crippen molar-refractivity contribution in [2.24, 2.45) is 20.0 Å². The zero-order valence-corrected chi connectivity index (χ0v) is 16.0. The molecule has 0 N–H and O–H groups in total. The molecule has 2 aromatic rings. The summed E-state index contributed by atoms with van der Waals surface area (Å²) in [6.07, 6.45) is 6.26. The normalized spacial score (nSPS) is 21.1. The molecule has 7 nitrogen and oxygen atoms in total. The highest BCUT2D eigenvalue weighted by Gasteiger charge is 2.31. The Morgan fingerprint density at radius 3 is 2.52 bits per heavy atom. The topological polar surface area (TPSA) is 77.2 Å². The number of carbonyl (C=O) groups excluding carboxylic acids is 1. The van der Waals surface area contributed by atoms with E-state index in [0.717, 1.165) is 55.3 Å². The van der Waals surface area contributed by atoms with Gasteiger partial charge >= 0.3 is 5.69 Å². The van der Waals surface area contributed by atoms with Crippen molar-refractivity contribution in [1.82, 2.24) is 19.0 Å². The Hall–Kier alpha value is -2.44. The van der Waals surface area contributed by atoms with Gasteiger partial charge in [-0.1, -0.05) is 12.8 Å². The molecule has 3 heterocycles. The molecule has 2 aromatic heterocycles. The van der Waals surface area contributed by atoms with Crippen LogP contribution >= 0.6 is 0 Å². The first-order valence-electron chi connectivity index (χ1n) is 9.83. The third-order valence-electron chi connectivity index (χ3n) is 6.18. The van der Waals surface area contributed by atoms with E-state index in [-0.39, 0.29) is 23.1 Å². The Bertz CT molecular complexity index is 1000. The fourth-order valence-corrected chi connectivity index (χ4v) is 4.55. The van der Waals surface area contributed by atoms with Gasteiger partial charge in [0.05, 0.1) is 5.39 Å². The van der Waals surface area contributed by atoms with Gasteiger partial charge in [-0.3, -0.25) is 18.7 Å². The molecule has 1 unspecified atom stereocenters. The van der Waals surface area contributed by atoms with Crippen LogP contribution in [0.5, 0.6) is 0 Å². The first-order chi connectivity index (χ1) is 13.0. The minimum atomic E-state index is -0.376. The van der Waals surface area contributed by atoms with Gasteiger partial charge in [-0.25, -0.2) is 9.78 Å². The van der Waals surface area contributed by atoms with E-state index in [0.29, 0.717) is 23.5 Å². The lowest BCUT2D eigenvalue weighted by Crippen LogP contribution is -2.42. The number of fused-ring (bicyclic) bond motifs is 1. The van der Waals surface area contributed by atoms with E-state index >= 15 is 0 Å². The monoisotopic (exact) mass is 370 g/mol. The van der Waals surface area contributed by atoms with Gasteiger partial charge in [-0.2, -0.15) is 0 Å². The minimum Gasteiger partial charge on any atom is -0.342 e. The standard InChI is InChI=1S/C20H26N4O3/c1-22-17-15(19(26)23(2)20(22)27)9-10-16(21-17)14-8-5-11-24(12-14)18(25)13-6-3-4-7-13/h9-10,13-14H,3-8,11-12H2,1-2H3. The number of piperidine rings is 1. The molecule has 0 spiro atoms. The van der Waals surface area contributed by atoms with Gasteiger partial charge in [0.15, 0.2) is 0 Å². The highest BCUT2D eigenvalue weighted by molar-refractivity contribution is 5.79. The van der Waals surface area contributed by atoms with Crippen molar-refractivity contribution in [2.45, 2.75) is 44.4 Å². The van der Waals surface area contributed by atoms with Crippen molar-refractivity contribution < 1.29 is 4.79 Å². The van der Waals surface area contributed by atoms with Crippen molar-refractivity contribution in [3.05, 3.63) is 38.7 Å². The molecular weight excluding hydrogens is 344 g/mol. The third kappa shape index (κ3) is 3.09. The van der Waals surface area contributed by atoms with Gasteiger partial charge in [-0.15, -0.1) is 0 Å². The molecule has 1 saturated carbocycles. The summed E-state index contributed by atoms with van der Waals surface area (Å²) in [5.74, 6) is 0.629. The predicted octanol–water partition coefficient (Wildman–Crippen LogP) is 1.53. The Balaban J connectivity index is 1.64. The summed E-state index contributed by atoms with van der Waals surface area (Å²) < 4.78 is 2.52. The van der Waals surface area contributed by atoms with Crippen LogP contribution in [0.4, 0.5) is 0 Å². The molecule has 2 aliphatic rings. The Morgan fingerprint density at radius 2 is 1.78 bits per heavy atom. The highest BCUT2D eigenvalue weighted by Crippen LogP contribution is 2.31. The molecule has 1 aliphatic heterocycles. The third-order valence-corrected chi connectivity index (χ3v) is 6.18. The largest absolute Gasteiger partial charge is 0.342 e. The molecule has 0 radical (unpaired) electrons. The van der Waals surface area contributed by atoms with Gasteiger partial charge in [0, 0.05) is 44.7 Å². The molecule has 2 fully saturated rings. The summed E-state index contributed by atoms with van der Waals surface area (Å²) in [5, 5.41) is 0.443. The maximum Gasteiger partial charge on any atom is 0.332 e. The molecule has 0 aromatic carbocycles. The van der Waals surface area contributed by atoms with Crippen molar-refractivity contribution in [3.63, 3.8) is 0 Å². The molecule has 144 valence electrons. The second kappa shape index (κ2) is 6.94. The SMILES string of the molecule is Cn1c(=O)c2ccc(C3CCCN(C(=O)C4CCCC4)C3)nc2n(C)c1=O. The number of amides is 1. The number of pyridine rings is 1. The van der Waals surface area contributed by atoms with Crippen molar-refractivity contribution in [2.75, 3.05) is 13.1 Å². The average Bonchev–Trinajstić information content (AvgIpc) is 3.24. The van der Waals surface area contributed by atoms with Crippen molar-refractivity contribution in [1.29, 1.82) is 0 Å². The van der Waals surface area contributed by atoms with Crippen LogP contribution in [0.3, 0.4) is 0 Å². The molecule has 1 amide bonds. The molecule has 0 bridgehead atoms. The number of hydrogen-bond acceptors (Lipinski definition) is 4. The van der Waals surface area contributed by atoms with Crippen molar-refractivity contribution in [3.8, 4) is 0 Å². The van der Waals surface area contributed by atoms with E-state index < -0.39 is 0 Å². The molecule has 4 rings (SSSR count). The quantitative estimate of drug-likeness (QED) is 0.803. The van der Waals surface area contributed by atoms with E-state index in [2.05, 4.69) is 4.98 Å². The van der Waals surface area contributed by atoms with Gasteiger partial charge in [-0.05, 0) is 37.8 Å². The van der Waals surface area contributed by atoms with E-state index in [9.17, 15) is 14.4 Å². The van der Waals surface area contributed by atoms with Crippen LogP contribution in [-0.4, -0.2) is 38.0 Å². The minimum absolute atomic E-state index is 0.146. The van der Waals surface area contributed by atoms with Gasteiger partial charge < -0.3 is 4.90 Å². The lowest BCUT2D eigenvalue weighted by Gasteiger charge is -2.34. The van der Waals surface area contributed by atoms with Gasteiger partial charge in [0.2, 0.25) is 5.91 Å². The Labute approximate surface area is 157 Å². The van der Waals surface area contributed by atoms with Crippen LogP contribution in [0, 0.1) is 5.92 Å². The van der Waals surface area contributed by atoms with Gasteiger partial charge in [0.1, 0.15) is 5.65 Å². The molecule has 1 aliphatic carbocycles. The number of nitrogens with zero attached hydrogens (tertiary/aromatic N) is 4. The Kier molecular flexibility index (Phi) is 4.61. The molecule has 1 atom stereocenters. The van der Waals surface area contributed by atoms with Crippen LogP contribution in [-0.2, 0) is 18.9 Å². The zero-order valence-electron chi connectivity index (χ0n) is 16.0. The number of aromatic nitrogens is 3. The fourth-order valence-electron chi connectivity index (χ4n) is 4.55. The highest BCUT2D eigenvalue weighted by atomic mass is 16.2. The maximum absolute atomic E-state index is 12.8. The van der Waals surface area contributed by atoms with E-state index in [1.54, 1.807) is 13.1 Å². The summed E-state index contributed by atoms with van der Waals surface area (Å²) in [7, 11) is 3.11. The van der Waals surface area contributed by atoms with Crippen LogP contribution in [0.1, 0.15) is 50.1 Å². The summed E-state index contributed by atoms with van der Waals surface area (Å²) in [6, 6.07) is 3.64. The maximum atomic E-state index is 12.8. The number of rotatable bonds is 2. The van der Waals surface area contributed by atoms with E-state index in [1.165, 1.54) is 11.6 Å². The first-order valence-corrected chi connectivity index (χ1v) is 9.83. The van der Waals surface area contributed by atoms with E-state index in [4.69, 9.17) is 0 Å². The number of aryl methyl sites for hydroxylation is 1. The second-order valence-electron chi connectivity index (χ2n) is 7.92. The summed E-state index contributed by atoms with van der Waals surface area (Å²) in [5.41, 5.74) is 0.571. The zero-order chi connectivity index (χ0) is 19.1. The lowest BCUT2D eigenvalue weighted by atomic mass is 9.93. The van der Waals surface area contributed by atoms with Gasteiger partial charge in [0.25, 0.3) is 5.56 Å². The predicted molar refractivity (Wildman–Crippen MR) is 103 cm³/mol. The first kappa shape index (κ1) is 17.9. The number of carbonyl (C=O) groups is 1. The Morgan fingerprint density at radius 1 is 1.04 bits per heavy atom. The summed E-state index contributed by atoms with van der Waals surface area (Å²) in [6.45, 7) is 1.49. The van der Waals surface area contributed by atoms with Crippen LogP contribution in [0.25, 0.3) is 11.0 Å². The van der Waals surface area contributed by atoms with E-state index in [1.807, 2.05) is 11.0 Å². The summed E-state index contributed by atoms with van der Waals surface area (Å²) >= 11 is 0. The number of hydrogen-bond donors (Lipinski definition) is 0. The summed E-state index contributed by atoms with van der Waals surface area (Å²) in [4.78, 5) is 44.0. The van der Waals surface area contributed by atoms with Crippen molar-refractivity contribution >= 4 is 16.9 Å². The molecular formula is C20H26N4O3. The van der Waals surface area contributed by atoms with Crippen LogP contribution < -0.4 is 11.2 Å². The lowest BCUT2D eigenvalue weighted by molar-refractivity contribution is -0.136.